The van der Waals surface area contributed by atoms with Gasteiger partial charge in [0.15, 0.2) is 6.10 Å². The van der Waals surface area contributed by atoms with Gasteiger partial charge in [-0.25, -0.2) is 9.13 Å². The number of aliphatic hydroxyl groups is 2. The van der Waals surface area contributed by atoms with Crippen molar-refractivity contribution in [2.24, 2.45) is 0 Å². The Morgan fingerprint density at radius 3 is 0.687 bits per heavy atom. The van der Waals surface area contributed by atoms with Gasteiger partial charge < -0.3 is 34.2 Å². The summed E-state index contributed by atoms with van der Waals surface area (Å²) in [6, 6.07) is 0. The van der Waals surface area contributed by atoms with Crippen LogP contribution in [0.2, 0.25) is 0 Å². The molecule has 4 N–H and O–H groups in total. The van der Waals surface area contributed by atoms with Crippen molar-refractivity contribution in [2.45, 2.75) is 386 Å². The van der Waals surface area contributed by atoms with Crippen LogP contribution in [0.15, 0.2) is 170 Å². The van der Waals surface area contributed by atoms with Crippen LogP contribution >= 0.6 is 15.6 Å². The van der Waals surface area contributed by atoms with Crippen molar-refractivity contribution in [1.29, 1.82) is 0 Å². The lowest BCUT2D eigenvalue weighted by Crippen LogP contribution is -2.30. The van der Waals surface area contributed by atoms with E-state index in [1.54, 1.807) is 0 Å². The number of phosphoric ester groups is 2. The molecule has 0 bridgehead atoms. The van der Waals surface area contributed by atoms with Gasteiger partial charge in [-0.15, -0.1) is 0 Å². The van der Waals surface area contributed by atoms with Gasteiger partial charge in [0.25, 0.3) is 0 Å². The van der Waals surface area contributed by atoms with Crippen LogP contribution in [0.5, 0.6) is 0 Å². The van der Waals surface area contributed by atoms with Gasteiger partial charge in [-0.1, -0.05) is 371 Å². The second-order valence-electron chi connectivity index (χ2n) is 30.0. The predicted molar refractivity (Wildman–Crippen MR) is 482 cm³/mol. The average molecular weight is 1650 g/mol. The smallest absolute Gasteiger partial charge is 0.463 e. The molecule has 0 aromatic carbocycles. The lowest BCUT2D eigenvalue weighted by Gasteiger charge is -2.21. The third-order valence-electron chi connectivity index (χ3n) is 18.9. The standard InChI is InChI=1S/C97H164O16P2/c1-4-7-10-13-16-19-22-25-28-31-33-35-37-39-41-42-43-44-45-46-47-48-50-52-53-55-57-60-62-65-68-71-74-77-80-83-95(100)107-86-92(98)87-109-114(103,104)110-88-93(99)89-111-115(105,106)112-91-94(113-97(102)85-82-79-76-73-70-67-64-59-30-27-24-21-18-15-12-9-6-3)90-108-96(101)84-81-78-75-72-69-66-63-61-58-56-54-51-49-40-38-36-34-32-29-26-23-20-17-14-11-8-5-2/h7-12,16-21,25-30,33-36,39-41,43-44,49,92-94,98-99H,4-6,13-15,22-24,31-32,37-38,42,45-48,50-91H2,1-3H3,(H,103,104)(H,105,106)/b10-7-,11-8-,12-9-,19-16-,20-17-,21-18-,28-25-,29-26-,30-27-,35-33-,36-34-,41-39-,44-43-,49-40-. The Kier molecular flexibility index (Phi) is 84.3. The quantitative estimate of drug-likeness (QED) is 0.0146. The van der Waals surface area contributed by atoms with E-state index in [-0.39, 0.29) is 19.3 Å². The molecule has 0 heterocycles. The van der Waals surface area contributed by atoms with Crippen LogP contribution in [0, 0.1) is 0 Å². The molecule has 0 aromatic heterocycles. The van der Waals surface area contributed by atoms with E-state index in [4.69, 9.17) is 32.3 Å². The molecule has 0 amide bonds. The highest BCUT2D eigenvalue weighted by Crippen LogP contribution is 2.45. The molecule has 0 aliphatic heterocycles. The molecule has 115 heavy (non-hydrogen) atoms. The molecule has 0 rings (SSSR count). The van der Waals surface area contributed by atoms with E-state index >= 15 is 0 Å². The van der Waals surface area contributed by atoms with Gasteiger partial charge in [0.05, 0.1) is 26.4 Å². The fourth-order valence-corrected chi connectivity index (χ4v) is 13.7. The highest BCUT2D eigenvalue weighted by molar-refractivity contribution is 7.47. The molecule has 5 unspecified atom stereocenters. The molecule has 0 aliphatic carbocycles. The molecule has 0 radical (unpaired) electrons. The van der Waals surface area contributed by atoms with E-state index in [0.717, 1.165) is 186 Å². The van der Waals surface area contributed by atoms with Crippen LogP contribution in [0.25, 0.3) is 0 Å². The van der Waals surface area contributed by atoms with E-state index < -0.39 is 91.5 Å². The Morgan fingerprint density at radius 1 is 0.243 bits per heavy atom. The number of aliphatic hydroxyl groups excluding tert-OH is 2. The average Bonchev–Trinajstić information content (AvgIpc) is 0.926. The van der Waals surface area contributed by atoms with Crippen molar-refractivity contribution < 1.29 is 75.8 Å². The number of esters is 3. The second-order valence-corrected chi connectivity index (χ2v) is 32.9. The number of hydrogen-bond acceptors (Lipinski definition) is 14. The molecule has 0 aromatic rings. The van der Waals surface area contributed by atoms with E-state index in [1.165, 1.54) is 122 Å². The molecule has 0 aliphatic rings. The van der Waals surface area contributed by atoms with Crippen LogP contribution in [-0.4, -0.2) is 95.9 Å². The highest BCUT2D eigenvalue weighted by Gasteiger charge is 2.29. The van der Waals surface area contributed by atoms with Gasteiger partial charge in [-0.2, -0.15) is 0 Å². The number of unbranched alkanes of at least 4 members (excludes halogenated alkanes) is 34. The minimum Gasteiger partial charge on any atom is -0.463 e. The van der Waals surface area contributed by atoms with Crippen LogP contribution in [0.3, 0.4) is 0 Å². The number of phosphoric acid groups is 2. The highest BCUT2D eigenvalue weighted by atomic mass is 31.2. The van der Waals surface area contributed by atoms with Gasteiger partial charge in [0.1, 0.15) is 25.4 Å². The fourth-order valence-electron chi connectivity index (χ4n) is 12.1. The van der Waals surface area contributed by atoms with Crippen LogP contribution in [0.4, 0.5) is 0 Å². The lowest BCUT2D eigenvalue weighted by atomic mass is 10.0. The van der Waals surface area contributed by atoms with Crippen LogP contribution in [-0.2, 0) is 55.8 Å². The first-order valence-electron chi connectivity index (χ1n) is 45.4. The number of ether oxygens (including phenoxy) is 3. The van der Waals surface area contributed by atoms with Crippen molar-refractivity contribution in [3.63, 3.8) is 0 Å². The number of allylic oxidation sites excluding steroid dienone is 28. The molecule has 658 valence electrons. The molecule has 0 saturated heterocycles. The van der Waals surface area contributed by atoms with Crippen molar-refractivity contribution in [2.75, 3.05) is 39.6 Å². The normalized spacial score (nSPS) is 14.6. The monoisotopic (exact) mass is 1650 g/mol. The fraction of sp³-hybridized carbons (Fsp3) is 0.680. The molecular formula is C97H164O16P2. The summed E-state index contributed by atoms with van der Waals surface area (Å²) >= 11 is 0. The summed E-state index contributed by atoms with van der Waals surface area (Å²) < 4.78 is 61.4. The van der Waals surface area contributed by atoms with E-state index in [9.17, 15) is 43.5 Å². The molecule has 0 saturated carbocycles. The predicted octanol–water partition coefficient (Wildman–Crippen LogP) is 27.9. The minimum absolute atomic E-state index is 0.0895. The Balaban J connectivity index is 4.48. The summed E-state index contributed by atoms with van der Waals surface area (Å²) in [7, 11) is -9.81. The molecule has 16 nitrogen and oxygen atoms in total. The zero-order chi connectivity index (χ0) is 83.6. The topological polar surface area (TPSA) is 231 Å². The minimum atomic E-state index is -4.94. The second kappa shape index (κ2) is 88.2. The largest absolute Gasteiger partial charge is 0.472 e. The lowest BCUT2D eigenvalue weighted by molar-refractivity contribution is -0.161. The Morgan fingerprint density at radius 2 is 0.435 bits per heavy atom. The Hall–Kier alpha value is -5.09. The van der Waals surface area contributed by atoms with Gasteiger partial charge in [-0.05, 0) is 148 Å². The maximum absolute atomic E-state index is 13.0. The summed E-state index contributed by atoms with van der Waals surface area (Å²) in [5.74, 6) is -1.58. The van der Waals surface area contributed by atoms with Gasteiger partial charge >= 0.3 is 33.6 Å². The molecule has 0 fully saturated rings. The van der Waals surface area contributed by atoms with Crippen molar-refractivity contribution in [3.05, 3.63) is 170 Å². The molecule has 5 atom stereocenters. The number of carbonyl (C=O) groups excluding carboxylic acids is 3. The first-order valence-corrected chi connectivity index (χ1v) is 48.4. The zero-order valence-electron chi connectivity index (χ0n) is 72.4. The summed E-state index contributed by atoms with van der Waals surface area (Å²) in [4.78, 5) is 58.9. The maximum atomic E-state index is 13.0. The van der Waals surface area contributed by atoms with Crippen LogP contribution in [0.1, 0.15) is 367 Å². The third-order valence-corrected chi connectivity index (χ3v) is 20.8. The first kappa shape index (κ1) is 110. The SMILES string of the molecule is CC/C=C\C/C=C\C/C=C\C/C=C\C/C=C\C/C=C\CCCCCCCCCCCCCCCCCCC(=O)OCC(O)COP(=O)(O)OCC(O)COP(=O)(O)OCC(COC(=O)CCCCCCCCCCCCC/C=C\C/C=C\C/C=C\C/C=C\C/C=C\CC)OC(=O)CCCCCCCCC/C=C\C/C=C\C/C=C\CC. The number of carbonyl (C=O) groups is 3. The van der Waals surface area contributed by atoms with E-state index in [2.05, 4.69) is 191 Å². The first-order chi connectivity index (χ1) is 56.2. The molecular weight excluding hydrogens is 1480 g/mol. The zero-order valence-corrected chi connectivity index (χ0v) is 74.2. The summed E-state index contributed by atoms with van der Waals surface area (Å²) in [5.41, 5.74) is 0. The van der Waals surface area contributed by atoms with Crippen molar-refractivity contribution in [3.8, 4) is 0 Å². The number of hydrogen-bond donors (Lipinski definition) is 4. The summed E-state index contributed by atoms with van der Waals surface area (Å²) in [5, 5.41) is 20.7. The van der Waals surface area contributed by atoms with Crippen LogP contribution < -0.4 is 0 Å². The molecule has 0 spiro atoms. The van der Waals surface area contributed by atoms with Gasteiger partial charge in [-0.3, -0.25) is 32.5 Å². The van der Waals surface area contributed by atoms with Gasteiger partial charge in [0, 0.05) is 19.3 Å². The van der Waals surface area contributed by atoms with E-state index in [1.807, 2.05) is 0 Å². The van der Waals surface area contributed by atoms with Gasteiger partial charge in [0.2, 0.25) is 0 Å². The molecule has 18 heteroatoms. The third kappa shape index (κ3) is 89.5. The Bertz CT molecular complexity index is 2770. The van der Waals surface area contributed by atoms with E-state index in [0.29, 0.717) is 19.3 Å². The summed E-state index contributed by atoms with van der Waals surface area (Å²) in [6.45, 7) is 2.37. The maximum Gasteiger partial charge on any atom is 0.472 e. The summed E-state index contributed by atoms with van der Waals surface area (Å²) in [6.07, 6.45) is 114. The Labute approximate surface area is 701 Å². The van der Waals surface area contributed by atoms with Crippen molar-refractivity contribution in [1.82, 2.24) is 0 Å². The number of rotatable bonds is 85. The van der Waals surface area contributed by atoms with Crippen molar-refractivity contribution >= 4 is 33.6 Å².